The topological polar surface area (TPSA) is 74.3 Å². The number of benzene rings is 3. The minimum absolute atomic E-state index is 0.0166. The normalized spacial score (nSPS) is 12.9. The zero-order valence-corrected chi connectivity index (χ0v) is 26.1. The average molecular weight is 627 g/mol. The number of halogens is 3. The monoisotopic (exact) mass is 626 g/mol. The third-order valence-corrected chi connectivity index (χ3v) is 7.56. The first-order valence-corrected chi connectivity index (χ1v) is 15.0. The van der Waals surface area contributed by atoms with Gasteiger partial charge in [0.2, 0.25) is 5.91 Å². The van der Waals surface area contributed by atoms with E-state index in [1.165, 1.54) is 18.2 Å². The Morgan fingerprint density at radius 3 is 2.26 bits per heavy atom. The smallest absolute Gasteiger partial charge is 0.342 e. The van der Waals surface area contributed by atoms with E-state index in [0.717, 1.165) is 28.6 Å². The van der Waals surface area contributed by atoms with Gasteiger partial charge in [-0.3, -0.25) is 14.9 Å². The summed E-state index contributed by atoms with van der Waals surface area (Å²) in [6, 6.07) is 23.1. The lowest BCUT2D eigenvalue weighted by molar-refractivity contribution is -0.137. The van der Waals surface area contributed by atoms with Crippen molar-refractivity contribution in [3.63, 3.8) is 0 Å². The predicted octanol–water partition coefficient (Wildman–Crippen LogP) is 8.11. The number of rotatable bonds is 12. The summed E-state index contributed by atoms with van der Waals surface area (Å²) in [5.74, 6) is -0.174. The van der Waals surface area contributed by atoms with Crippen LogP contribution in [0.15, 0.2) is 115 Å². The van der Waals surface area contributed by atoms with Crippen molar-refractivity contribution in [1.29, 1.82) is 0 Å². The highest BCUT2D eigenvalue weighted by Crippen LogP contribution is 2.31. The molecule has 0 fully saturated rings. The number of alkyl halides is 3. The van der Waals surface area contributed by atoms with Crippen LogP contribution in [0.25, 0.3) is 16.5 Å². The van der Waals surface area contributed by atoms with E-state index in [1.807, 2.05) is 73.3 Å². The second kappa shape index (κ2) is 15.3. The van der Waals surface area contributed by atoms with E-state index in [9.17, 15) is 22.8 Å². The van der Waals surface area contributed by atoms with Gasteiger partial charge in [-0.1, -0.05) is 73.3 Å². The maximum atomic E-state index is 13.3. The van der Waals surface area contributed by atoms with Crippen LogP contribution in [-0.2, 0) is 22.3 Å². The molecule has 0 aliphatic rings. The Hall–Kier alpha value is -5.02. The van der Waals surface area contributed by atoms with Crippen LogP contribution >= 0.6 is 0 Å². The Bertz CT molecular complexity index is 1740. The molecule has 2 amide bonds. The SMILES string of the molecule is C=C/C(C(=O)Nc1ccc2cc(CNC(C(=O)N(CC)CC)c3ccccc3)ccc2n1)=C(\C=C/C)c1ccc(C(F)(F)F)cc1. The molecule has 6 nitrogen and oxygen atoms in total. The number of carbonyl (C=O) groups is 2. The van der Waals surface area contributed by atoms with E-state index in [-0.39, 0.29) is 11.5 Å². The fraction of sp³-hybridized carbons (Fsp3) is 0.216. The van der Waals surface area contributed by atoms with Crippen LogP contribution in [0.4, 0.5) is 19.0 Å². The van der Waals surface area contributed by atoms with Crippen LogP contribution in [0.2, 0.25) is 0 Å². The number of nitrogens with one attached hydrogen (secondary N) is 2. The second-order valence-corrected chi connectivity index (χ2v) is 10.5. The Labute approximate surface area is 267 Å². The van der Waals surface area contributed by atoms with Gasteiger partial charge < -0.3 is 10.2 Å². The highest BCUT2D eigenvalue weighted by molar-refractivity contribution is 6.12. The summed E-state index contributed by atoms with van der Waals surface area (Å²) in [5, 5.41) is 7.06. The van der Waals surface area contributed by atoms with Gasteiger partial charge in [0.25, 0.3) is 5.91 Å². The van der Waals surface area contributed by atoms with Gasteiger partial charge in [0.05, 0.1) is 11.1 Å². The Morgan fingerprint density at radius 2 is 1.65 bits per heavy atom. The van der Waals surface area contributed by atoms with Gasteiger partial charge in [-0.05, 0) is 79.4 Å². The maximum Gasteiger partial charge on any atom is 0.416 e. The molecule has 0 bridgehead atoms. The second-order valence-electron chi connectivity index (χ2n) is 10.5. The molecule has 1 heterocycles. The molecular weight excluding hydrogens is 589 g/mol. The Balaban J connectivity index is 1.53. The molecule has 1 atom stereocenters. The zero-order chi connectivity index (χ0) is 33.3. The summed E-state index contributed by atoms with van der Waals surface area (Å²) >= 11 is 0. The standard InChI is InChI=1S/C37H37F3N4O2/c1-5-12-31(26-16-19-29(20-17-26)37(38,39)40)30(6-2)35(45)43-33-22-18-28-23-25(15-21-32(28)42-33)24-41-34(27-13-10-9-11-14-27)36(46)44(7-3)8-4/h5-6,9-23,34,41H,2,7-8,24H2,1,3-4H3,(H,42,43,45)/b12-5-,31-30-. The number of fused-ring (bicyclic) bond motifs is 1. The highest BCUT2D eigenvalue weighted by atomic mass is 19.4. The molecule has 4 rings (SSSR count). The lowest BCUT2D eigenvalue weighted by Crippen LogP contribution is -2.40. The molecule has 3 aromatic carbocycles. The highest BCUT2D eigenvalue weighted by Gasteiger charge is 2.30. The van der Waals surface area contributed by atoms with Crippen molar-refractivity contribution >= 4 is 34.1 Å². The number of nitrogens with zero attached hydrogens (tertiary/aromatic N) is 2. The molecule has 0 saturated carbocycles. The average Bonchev–Trinajstić information content (AvgIpc) is 3.05. The number of likely N-dealkylation sites (N-methyl/N-ethyl adjacent to an activating group) is 1. The van der Waals surface area contributed by atoms with Crippen LogP contribution in [0.1, 0.15) is 49.1 Å². The van der Waals surface area contributed by atoms with Crippen molar-refractivity contribution in [2.24, 2.45) is 0 Å². The predicted molar refractivity (Wildman–Crippen MR) is 178 cm³/mol. The summed E-state index contributed by atoms with van der Waals surface area (Å²) < 4.78 is 39.2. The fourth-order valence-electron chi connectivity index (χ4n) is 5.14. The minimum atomic E-state index is -4.46. The molecular formula is C37H37F3N4O2. The molecule has 0 saturated heterocycles. The molecule has 0 spiro atoms. The first-order chi connectivity index (χ1) is 22.1. The van der Waals surface area contributed by atoms with Crippen molar-refractivity contribution < 1.29 is 22.8 Å². The lowest BCUT2D eigenvalue weighted by atomic mass is 9.97. The molecule has 0 radical (unpaired) electrons. The maximum absolute atomic E-state index is 13.3. The molecule has 1 unspecified atom stereocenters. The number of hydrogen-bond donors (Lipinski definition) is 2. The molecule has 238 valence electrons. The van der Waals surface area contributed by atoms with Crippen LogP contribution in [0.5, 0.6) is 0 Å². The van der Waals surface area contributed by atoms with E-state index < -0.39 is 23.7 Å². The van der Waals surface area contributed by atoms with E-state index in [0.29, 0.717) is 42.1 Å². The van der Waals surface area contributed by atoms with E-state index in [4.69, 9.17) is 0 Å². The summed E-state index contributed by atoms with van der Waals surface area (Å²) in [6.07, 6.45) is 0.262. The largest absolute Gasteiger partial charge is 0.416 e. The van der Waals surface area contributed by atoms with Gasteiger partial charge in [0, 0.05) is 30.6 Å². The summed E-state index contributed by atoms with van der Waals surface area (Å²) in [4.78, 5) is 33.0. The molecule has 46 heavy (non-hydrogen) atoms. The van der Waals surface area contributed by atoms with Crippen molar-refractivity contribution in [3.8, 4) is 0 Å². The van der Waals surface area contributed by atoms with Crippen molar-refractivity contribution in [2.75, 3.05) is 18.4 Å². The number of hydrogen-bond acceptors (Lipinski definition) is 4. The Morgan fingerprint density at radius 1 is 0.957 bits per heavy atom. The quantitative estimate of drug-likeness (QED) is 0.123. The molecule has 4 aromatic rings. The van der Waals surface area contributed by atoms with Gasteiger partial charge in [0.15, 0.2) is 0 Å². The van der Waals surface area contributed by atoms with Gasteiger partial charge in [-0.15, -0.1) is 0 Å². The number of amides is 2. The lowest BCUT2D eigenvalue weighted by Gasteiger charge is -2.26. The number of anilines is 1. The van der Waals surface area contributed by atoms with E-state index in [2.05, 4.69) is 22.2 Å². The zero-order valence-electron chi connectivity index (χ0n) is 26.1. The van der Waals surface area contributed by atoms with Crippen LogP contribution in [0.3, 0.4) is 0 Å². The van der Waals surface area contributed by atoms with Gasteiger partial charge in [-0.2, -0.15) is 13.2 Å². The number of carbonyl (C=O) groups excluding carboxylic acids is 2. The number of aromatic nitrogens is 1. The fourth-order valence-corrected chi connectivity index (χ4v) is 5.14. The molecule has 0 aliphatic carbocycles. The minimum Gasteiger partial charge on any atom is -0.342 e. The third kappa shape index (κ3) is 8.17. The summed E-state index contributed by atoms with van der Waals surface area (Å²) in [5.41, 5.74) is 2.79. The Kier molecular flexibility index (Phi) is 11.3. The van der Waals surface area contributed by atoms with Gasteiger partial charge in [-0.25, -0.2) is 4.98 Å². The van der Waals surface area contributed by atoms with Crippen molar-refractivity contribution in [3.05, 3.63) is 138 Å². The first-order valence-electron chi connectivity index (χ1n) is 15.0. The third-order valence-electron chi connectivity index (χ3n) is 7.56. The molecule has 1 aromatic heterocycles. The number of pyridine rings is 1. The summed E-state index contributed by atoms with van der Waals surface area (Å²) in [6.45, 7) is 11.1. The van der Waals surface area contributed by atoms with Crippen molar-refractivity contribution in [1.82, 2.24) is 15.2 Å². The van der Waals surface area contributed by atoms with Gasteiger partial charge in [0.1, 0.15) is 11.9 Å². The van der Waals surface area contributed by atoms with E-state index >= 15 is 0 Å². The summed E-state index contributed by atoms with van der Waals surface area (Å²) in [7, 11) is 0. The number of allylic oxidation sites excluding steroid dienone is 3. The van der Waals surface area contributed by atoms with Crippen molar-refractivity contribution in [2.45, 2.75) is 39.5 Å². The van der Waals surface area contributed by atoms with Gasteiger partial charge >= 0.3 is 6.18 Å². The van der Waals surface area contributed by atoms with Crippen LogP contribution < -0.4 is 10.6 Å². The molecule has 0 aliphatic heterocycles. The van der Waals surface area contributed by atoms with Crippen LogP contribution in [0, 0.1) is 0 Å². The van der Waals surface area contributed by atoms with E-state index in [1.54, 1.807) is 25.1 Å². The molecule has 9 heteroatoms. The van der Waals surface area contributed by atoms with Crippen LogP contribution in [-0.4, -0.2) is 34.8 Å². The first kappa shape index (κ1) is 33.9. The molecule has 2 N–H and O–H groups in total.